The molecule has 1 saturated heterocycles. The van der Waals surface area contributed by atoms with Crippen LogP contribution in [0.3, 0.4) is 0 Å². The van der Waals surface area contributed by atoms with Gasteiger partial charge in [0.05, 0.1) is 17.3 Å². The number of likely N-dealkylation sites (tertiary alicyclic amines) is 1. The summed E-state index contributed by atoms with van der Waals surface area (Å²) >= 11 is 0. The number of amides is 1. The number of esters is 1. The summed E-state index contributed by atoms with van der Waals surface area (Å²) in [5.74, 6) is 3.80. The van der Waals surface area contributed by atoms with E-state index < -0.39 is 17.3 Å². The predicted octanol–water partition coefficient (Wildman–Crippen LogP) is 10.4. The maximum Gasteiger partial charge on any atom is 0.309 e. The number of piperidine rings is 1. The molecule has 9 heteroatoms. The van der Waals surface area contributed by atoms with Gasteiger partial charge in [0, 0.05) is 30.5 Å². The summed E-state index contributed by atoms with van der Waals surface area (Å²) in [4.78, 5) is 43.3. The molecule has 2 heterocycles. The molecular formula is C50H78N4O5. The van der Waals surface area contributed by atoms with Crippen LogP contribution in [0, 0.1) is 86.3 Å². The highest BCUT2D eigenvalue weighted by Gasteiger charge is 2.74. The molecule has 1 amide bonds. The highest BCUT2D eigenvalue weighted by Crippen LogP contribution is 2.79. The lowest BCUT2D eigenvalue weighted by Crippen LogP contribution is -2.68. The van der Waals surface area contributed by atoms with Gasteiger partial charge in [-0.25, -0.2) is 0 Å². The Hall–Kier alpha value is -2.45. The van der Waals surface area contributed by atoms with Gasteiger partial charge in [-0.3, -0.25) is 14.4 Å². The van der Waals surface area contributed by atoms with Crippen LogP contribution in [0.1, 0.15) is 189 Å². The average Bonchev–Trinajstić information content (AvgIpc) is 3.58. The number of ether oxygens (including phenoxy) is 1. The number of carboxylic acid groups (broad SMARTS) is 1. The van der Waals surface area contributed by atoms with Crippen LogP contribution in [-0.4, -0.2) is 61.8 Å². The normalized spacial score (nSPS) is 44.4. The fraction of sp³-hybridized carbons (Fsp3) is 0.900. The van der Waals surface area contributed by atoms with Crippen LogP contribution in [0.25, 0.3) is 0 Å². The van der Waals surface area contributed by atoms with Crippen molar-refractivity contribution < 1.29 is 24.2 Å². The molecule has 1 aliphatic heterocycles. The molecule has 328 valence electrons. The molecule has 9 rings (SSSR count). The molecule has 9 nitrogen and oxygen atoms in total. The summed E-state index contributed by atoms with van der Waals surface area (Å²) in [5, 5.41) is 18.7. The molecule has 0 bridgehead atoms. The van der Waals surface area contributed by atoms with Gasteiger partial charge in [-0.2, -0.15) is 0 Å². The van der Waals surface area contributed by atoms with Crippen LogP contribution in [0.2, 0.25) is 0 Å². The molecular weight excluding hydrogens is 737 g/mol. The van der Waals surface area contributed by atoms with Crippen molar-refractivity contribution >= 4 is 17.8 Å². The van der Waals surface area contributed by atoms with Gasteiger partial charge in [0.25, 0.3) is 0 Å². The number of carboxylic acids is 1. The van der Waals surface area contributed by atoms with Crippen molar-refractivity contribution in [3.8, 4) is 0 Å². The van der Waals surface area contributed by atoms with E-state index in [1.54, 1.807) is 0 Å². The van der Waals surface area contributed by atoms with Crippen LogP contribution < -0.4 is 0 Å². The molecule has 7 saturated carbocycles. The number of carbonyl (C=O) groups excluding carboxylic acids is 2. The van der Waals surface area contributed by atoms with Gasteiger partial charge in [-0.1, -0.05) is 69.2 Å². The van der Waals surface area contributed by atoms with Crippen LogP contribution >= 0.6 is 0 Å². The monoisotopic (exact) mass is 815 g/mol. The number of carbonyl (C=O) groups is 3. The fourth-order valence-corrected chi connectivity index (χ4v) is 17.3. The summed E-state index contributed by atoms with van der Waals surface area (Å²) in [7, 11) is 0. The third-order valence-corrected chi connectivity index (χ3v) is 21.4. The summed E-state index contributed by atoms with van der Waals surface area (Å²) < 4.78 is 8.86. The Morgan fingerprint density at radius 2 is 1.41 bits per heavy atom. The first-order valence-electron chi connectivity index (χ1n) is 24.2. The molecule has 8 aliphatic rings. The molecule has 0 aromatic carbocycles. The van der Waals surface area contributed by atoms with Gasteiger partial charge in [0.2, 0.25) is 5.91 Å². The average molecular weight is 815 g/mol. The Balaban J connectivity index is 0.950. The number of nitrogens with zero attached hydrogens (tertiary/aromatic N) is 4. The molecule has 12 atom stereocenters. The molecule has 1 aromatic heterocycles. The Bertz CT molecular complexity index is 1870. The topological polar surface area (TPSA) is 115 Å². The van der Waals surface area contributed by atoms with Crippen LogP contribution in [0.15, 0.2) is 0 Å². The molecule has 1 aromatic rings. The van der Waals surface area contributed by atoms with Gasteiger partial charge in [-0.15, -0.1) is 10.2 Å². The van der Waals surface area contributed by atoms with Gasteiger partial charge < -0.3 is 19.3 Å². The fourth-order valence-electron chi connectivity index (χ4n) is 17.3. The minimum atomic E-state index is -0.808. The number of fused-ring (bicyclic) bond motifs is 7. The first kappa shape index (κ1) is 41.9. The van der Waals surface area contributed by atoms with Crippen molar-refractivity contribution in [2.75, 3.05) is 13.1 Å². The molecule has 7 aliphatic carbocycles. The second-order valence-corrected chi connectivity index (χ2v) is 24.6. The Morgan fingerprint density at radius 1 is 0.712 bits per heavy atom. The second-order valence-electron chi connectivity index (χ2n) is 24.6. The second kappa shape index (κ2) is 13.5. The summed E-state index contributed by atoms with van der Waals surface area (Å²) in [6, 6.07) is 0.358. The SMILES string of the molecule is Cc1nnc(C(C)C)n1C1CCN(C(=O)[C@]23CC[C@@H](C4(C)CC4)[C@@H]2[C@H]2CC[C@@H]4[C@@]5(C)CC[C@H](OC(=O)[C@H]6C[C@@H](C(=O)O)C6(C)C)C(C)(C)[C@@H]5CC[C@@]4(C)[C@]2(C)CC3)CC1. The van der Waals surface area contributed by atoms with E-state index in [9.17, 15) is 14.7 Å². The van der Waals surface area contributed by atoms with E-state index in [1.165, 1.54) is 38.5 Å². The van der Waals surface area contributed by atoms with Crippen LogP contribution in [0.5, 0.6) is 0 Å². The zero-order valence-corrected chi connectivity index (χ0v) is 38.7. The maximum absolute atomic E-state index is 15.4. The lowest BCUT2D eigenvalue weighted by Gasteiger charge is -2.73. The van der Waals surface area contributed by atoms with Crippen LogP contribution in [-0.2, 0) is 19.1 Å². The van der Waals surface area contributed by atoms with Crippen molar-refractivity contribution in [3.63, 3.8) is 0 Å². The molecule has 0 radical (unpaired) electrons. The van der Waals surface area contributed by atoms with Crippen molar-refractivity contribution in [3.05, 3.63) is 11.6 Å². The van der Waals surface area contributed by atoms with Crippen molar-refractivity contribution in [1.29, 1.82) is 0 Å². The third-order valence-electron chi connectivity index (χ3n) is 21.4. The maximum atomic E-state index is 15.4. The highest BCUT2D eigenvalue weighted by atomic mass is 16.5. The van der Waals surface area contributed by atoms with E-state index >= 15 is 4.79 Å². The zero-order valence-electron chi connectivity index (χ0n) is 38.7. The lowest BCUT2D eigenvalue weighted by atomic mass is 9.32. The Morgan fingerprint density at radius 3 is 2.03 bits per heavy atom. The van der Waals surface area contributed by atoms with Crippen molar-refractivity contribution in [2.24, 2.45) is 79.3 Å². The first-order valence-corrected chi connectivity index (χ1v) is 24.2. The lowest BCUT2D eigenvalue weighted by molar-refractivity contribution is -0.253. The van der Waals surface area contributed by atoms with Gasteiger partial charge >= 0.3 is 11.9 Å². The molecule has 8 fully saturated rings. The van der Waals surface area contributed by atoms with E-state index in [4.69, 9.17) is 4.74 Å². The van der Waals surface area contributed by atoms with Gasteiger partial charge in [-0.05, 0) is 160 Å². The number of rotatable bonds is 7. The summed E-state index contributed by atoms with van der Waals surface area (Å²) in [5.41, 5.74) is -0.0493. The van der Waals surface area contributed by atoms with E-state index in [1.807, 2.05) is 13.8 Å². The quantitative estimate of drug-likeness (QED) is 0.273. The van der Waals surface area contributed by atoms with Gasteiger partial charge in [0.15, 0.2) is 0 Å². The summed E-state index contributed by atoms with van der Waals surface area (Å²) in [6.07, 6.45) is 16.1. The molecule has 1 N–H and O–H groups in total. The van der Waals surface area contributed by atoms with Crippen molar-refractivity contribution in [1.82, 2.24) is 19.7 Å². The van der Waals surface area contributed by atoms with E-state index in [0.717, 1.165) is 76.1 Å². The number of aryl methyl sites for hydroxylation is 1. The number of aliphatic carboxylic acids is 1. The molecule has 0 spiro atoms. The van der Waals surface area contributed by atoms with E-state index in [2.05, 4.69) is 82.0 Å². The minimum absolute atomic E-state index is 0.146. The third kappa shape index (κ3) is 5.74. The molecule has 0 unspecified atom stereocenters. The van der Waals surface area contributed by atoms with Crippen molar-refractivity contribution in [2.45, 2.75) is 191 Å². The predicted molar refractivity (Wildman–Crippen MR) is 228 cm³/mol. The first-order chi connectivity index (χ1) is 27.6. The van der Waals surface area contributed by atoms with E-state index in [0.29, 0.717) is 59.3 Å². The van der Waals surface area contributed by atoms with Crippen LogP contribution in [0.4, 0.5) is 0 Å². The number of hydrogen-bond donors (Lipinski definition) is 1. The Kier molecular flexibility index (Phi) is 9.60. The number of aromatic nitrogens is 3. The zero-order chi connectivity index (χ0) is 42.5. The minimum Gasteiger partial charge on any atom is -0.481 e. The van der Waals surface area contributed by atoms with E-state index in [-0.39, 0.29) is 45.1 Å². The largest absolute Gasteiger partial charge is 0.481 e. The molecule has 59 heavy (non-hydrogen) atoms. The van der Waals surface area contributed by atoms with Gasteiger partial charge in [0.1, 0.15) is 17.8 Å². The highest BCUT2D eigenvalue weighted by molar-refractivity contribution is 5.84. The Labute approximate surface area is 355 Å². The standard InChI is InChI=1S/C50H78N4O5/c1-29(2)40-52-51-30(3)54(40)31-17-26-53(27-18-31)43(58)50-21-14-32(46(8)22-23-46)39(50)33-12-13-37-47(9)19-16-38(59-42(57)35-28-34(41(55)56)44(35,4)5)45(6,7)36(47)15-20-49(37,11)48(33,10)24-25-50/h29,31-39H,12-28H2,1-11H3,(H,55,56)/t32-,33-,34+,35-,36+,37-,38+,39-,47+,48-,49-,50+/m1/s1. The number of hydrogen-bond acceptors (Lipinski definition) is 6. The summed E-state index contributed by atoms with van der Waals surface area (Å²) in [6.45, 7) is 27.3. The smallest absolute Gasteiger partial charge is 0.309 e.